The number of nitrogens with zero attached hydrogens (tertiary/aromatic N) is 4. The first-order valence-electron chi connectivity index (χ1n) is 8.70. The minimum Gasteiger partial charge on any atom is -0.497 e. The summed E-state index contributed by atoms with van der Waals surface area (Å²) in [6.07, 6.45) is 3.05. The zero-order valence-corrected chi connectivity index (χ0v) is 15.4. The molecule has 7 nitrogen and oxygen atoms in total. The average Bonchev–Trinajstić information content (AvgIpc) is 3.13. The second-order valence-corrected chi connectivity index (χ2v) is 7.07. The summed E-state index contributed by atoms with van der Waals surface area (Å²) in [5.74, 6) is 0.869. The second-order valence-electron chi connectivity index (χ2n) is 7.07. The van der Waals surface area contributed by atoms with Gasteiger partial charge in [0.2, 0.25) is 0 Å². The summed E-state index contributed by atoms with van der Waals surface area (Å²) in [6.45, 7) is 4.75. The van der Waals surface area contributed by atoms with Gasteiger partial charge in [-0.3, -0.25) is 0 Å². The number of nitrogens with one attached hydrogen (secondary N) is 1. The van der Waals surface area contributed by atoms with Gasteiger partial charge in [0, 0.05) is 23.8 Å². The third-order valence-corrected chi connectivity index (χ3v) is 4.57. The van der Waals surface area contributed by atoms with E-state index >= 15 is 0 Å². The third kappa shape index (κ3) is 4.56. The van der Waals surface area contributed by atoms with Gasteiger partial charge in [-0.25, -0.2) is 4.52 Å². The molecule has 138 valence electrons. The number of aromatic nitrogens is 4. The number of hydrogen-bond acceptors (Lipinski definition) is 6. The van der Waals surface area contributed by atoms with Gasteiger partial charge in [0.15, 0.2) is 5.65 Å². The van der Waals surface area contributed by atoms with Gasteiger partial charge in [0.25, 0.3) is 0 Å². The van der Waals surface area contributed by atoms with Crippen molar-refractivity contribution < 1.29 is 9.84 Å². The van der Waals surface area contributed by atoms with Crippen molar-refractivity contribution >= 4 is 5.65 Å². The number of tetrazole rings is 1. The van der Waals surface area contributed by atoms with Crippen LogP contribution in [0.25, 0.3) is 5.65 Å². The SMILES string of the molecule is COc1ccc(CCC(C)(C)NCC(O)c2ccc3nnnn3c2)cc1. The molecule has 0 saturated heterocycles. The molecular formula is C19H25N5O2. The molecule has 7 heteroatoms. The summed E-state index contributed by atoms with van der Waals surface area (Å²) in [7, 11) is 1.67. The number of pyridine rings is 1. The summed E-state index contributed by atoms with van der Waals surface area (Å²) in [6, 6.07) is 11.8. The first-order valence-corrected chi connectivity index (χ1v) is 8.70. The Morgan fingerprint density at radius 1 is 1.19 bits per heavy atom. The van der Waals surface area contributed by atoms with E-state index in [-0.39, 0.29) is 5.54 Å². The standard InChI is InChI=1S/C19H25N5O2/c1-19(2,11-10-14-4-7-16(26-3)8-5-14)20-12-17(25)15-6-9-18-21-22-23-24(18)13-15/h4-9,13,17,20,25H,10-12H2,1-3H3. The predicted molar refractivity (Wildman–Crippen MR) is 99.1 cm³/mol. The summed E-state index contributed by atoms with van der Waals surface area (Å²) >= 11 is 0. The number of fused-ring (bicyclic) bond motifs is 1. The fourth-order valence-corrected chi connectivity index (χ4v) is 2.78. The second kappa shape index (κ2) is 7.80. The van der Waals surface area contributed by atoms with Crippen molar-refractivity contribution in [2.75, 3.05) is 13.7 Å². The van der Waals surface area contributed by atoms with Crippen LogP contribution in [0.1, 0.15) is 37.5 Å². The van der Waals surface area contributed by atoms with Crippen LogP contribution in [-0.2, 0) is 6.42 Å². The van der Waals surface area contributed by atoms with Crippen molar-refractivity contribution in [1.82, 2.24) is 25.4 Å². The summed E-state index contributed by atoms with van der Waals surface area (Å²) in [5.41, 5.74) is 2.61. The van der Waals surface area contributed by atoms with E-state index < -0.39 is 6.10 Å². The Labute approximate surface area is 153 Å². The highest BCUT2D eigenvalue weighted by Crippen LogP contribution is 2.18. The van der Waals surface area contributed by atoms with Gasteiger partial charge in [-0.2, -0.15) is 0 Å². The highest BCUT2D eigenvalue weighted by Gasteiger charge is 2.19. The molecule has 0 saturated carbocycles. The van der Waals surface area contributed by atoms with E-state index in [4.69, 9.17) is 4.74 Å². The number of aliphatic hydroxyl groups excluding tert-OH is 1. The fourth-order valence-electron chi connectivity index (χ4n) is 2.78. The van der Waals surface area contributed by atoms with Crippen LogP contribution in [0.2, 0.25) is 0 Å². The first kappa shape index (κ1) is 18.3. The molecule has 26 heavy (non-hydrogen) atoms. The largest absolute Gasteiger partial charge is 0.497 e. The maximum Gasteiger partial charge on any atom is 0.179 e. The summed E-state index contributed by atoms with van der Waals surface area (Å²) < 4.78 is 6.75. The van der Waals surface area contributed by atoms with Gasteiger partial charge in [-0.15, -0.1) is 5.10 Å². The molecule has 2 N–H and O–H groups in total. The molecule has 3 rings (SSSR count). The Kier molecular flexibility index (Phi) is 5.49. The van der Waals surface area contributed by atoms with Crippen molar-refractivity contribution in [3.8, 4) is 5.75 Å². The van der Waals surface area contributed by atoms with Crippen LogP contribution in [0, 0.1) is 0 Å². The van der Waals surface area contributed by atoms with Gasteiger partial charge in [0.05, 0.1) is 13.2 Å². The van der Waals surface area contributed by atoms with Crippen LogP contribution < -0.4 is 10.1 Å². The van der Waals surface area contributed by atoms with Gasteiger partial charge >= 0.3 is 0 Å². The highest BCUT2D eigenvalue weighted by atomic mass is 16.5. The van der Waals surface area contributed by atoms with Crippen molar-refractivity contribution in [1.29, 1.82) is 0 Å². The Hall–Kier alpha value is -2.51. The van der Waals surface area contributed by atoms with Crippen molar-refractivity contribution in [3.63, 3.8) is 0 Å². The Morgan fingerprint density at radius 3 is 2.69 bits per heavy atom. The fraction of sp³-hybridized carbons (Fsp3) is 0.421. The van der Waals surface area contributed by atoms with Gasteiger partial charge in [-0.1, -0.05) is 18.2 Å². The zero-order valence-electron chi connectivity index (χ0n) is 15.4. The molecule has 0 radical (unpaired) electrons. The Balaban J connectivity index is 1.52. The van der Waals surface area contributed by atoms with Gasteiger partial charge in [0.1, 0.15) is 5.75 Å². The van der Waals surface area contributed by atoms with Crippen molar-refractivity contribution in [3.05, 3.63) is 53.7 Å². The normalized spacial score (nSPS) is 13.1. The lowest BCUT2D eigenvalue weighted by molar-refractivity contribution is 0.158. The molecule has 2 heterocycles. The molecule has 1 atom stereocenters. The maximum atomic E-state index is 10.5. The zero-order chi connectivity index (χ0) is 18.6. The van der Waals surface area contributed by atoms with Crippen LogP contribution in [0.3, 0.4) is 0 Å². The average molecular weight is 355 g/mol. The third-order valence-electron chi connectivity index (χ3n) is 4.57. The topological polar surface area (TPSA) is 84.6 Å². The number of ether oxygens (including phenoxy) is 1. The van der Waals surface area contributed by atoms with Gasteiger partial charge < -0.3 is 15.2 Å². The van der Waals surface area contributed by atoms with E-state index in [2.05, 4.69) is 46.8 Å². The van der Waals surface area contributed by atoms with E-state index in [0.29, 0.717) is 12.2 Å². The Bertz CT molecular complexity index is 845. The molecule has 1 aromatic carbocycles. The molecule has 0 aliphatic carbocycles. The molecule has 0 aliphatic rings. The van der Waals surface area contributed by atoms with Crippen LogP contribution >= 0.6 is 0 Å². The lowest BCUT2D eigenvalue weighted by atomic mass is 9.94. The first-order chi connectivity index (χ1) is 12.5. The highest BCUT2D eigenvalue weighted by molar-refractivity contribution is 5.36. The molecular weight excluding hydrogens is 330 g/mol. The summed E-state index contributed by atoms with van der Waals surface area (Å²) in [4.78, 5) is 0. The monoisotopic (exact) mass is 355 g/mol. The predicted octanol–water partition coefficient (Wildman–Crippen LogP) is 2.17. The molecule has 0 bridgehead atoms. The van der Waals surface area contributed by atoms with E-state index in [1.807, 2.05) is 18.2 Å². The van der Waals surface area contributed by atoms with Crippen LogP contribution in [0.15, 0.2) is 42.6 Å². The number of benzene rings is 1. The van der Waals surface area contributed by atoms with Crippen molar-refractivity contribution in [2.24, 2.45) is 0 Å². The summed E-state index contributed by atoms with van der Waals surface area (Å²) in [5, 5.41) is 25.3. The minimum absolute atomic E-state index is 0.0974. The van der Waals surface area contributed by atoms with Crippen LogP contribution in [0.5, 0.6) is 5.75 Å². The van der Waals surface area contributed by atoms with Crippen LogP contribution in [-0.4, -0.2) is 44.3 Å². The van der Waals surface area contributed by atoms with Crippen molar-refractivity contribution in [2.45, 2.75) is 38.3 Å². The molecule has 2 aromatic heterocycles. The van der Waals surface area contributed by atoms with Crippen LogP contribution in [0.4, 0.5) is 0 Å². The van der Waals surface area contributed by atoms with E-state index in [1.54, 1.807) is 23.9 Å². The number of hydrogen-bond donors (Lipinski definition) is 2. The lowest BCUT2D eigenvalue weighted by Crippen LogP contribution is -2.42. The number of β-amino-alcohol motifs (C(OH)–C–C–N with tert-alkyl or cyclic N) is 1. The molecule has 0 spiro atoms. The van der Waals surface area contributed by atoms with E-state index in [0.717, 1.165) is 24.2 Å². The Morgan fingerprint density at radius 2 is 1.96 bits per heavy atom. The number of methoxy groups -OCH3 is 1. The molecule has 0 aliphatic heterocycles. The quantitative estimate of drug-likeness (QED) is 0.644. The smallest absolute Gasteiger partial charge is 0.179 e. The molecule has 0 amide bonds. The molecule has 3 aromatic rings. The number of rotatable bonds is 8. The van der Waals surface area contributed by atoms with Gasteiger partial charge in [-0.05, 0) is 60.9 Å². The number of aliphatic hydroxyl groups is 1. The maximum absolute atomic E-state index is 10.5. The minimum atomic E-state index is -0.621. The lowest BCUT2D eigenvalue weighted by Gasteiger charge is -2.28. The van der Waals surface area contributed by atoms with E-state index in [1.165, 1.54) is 5.56 Å². The molecule has 1 unspecified atom stereocenters. The van der Waals surface area contributed by atoms with E-state index in [9.17, 15) is 5.11 Å². The molecule has 0 fully saturated rings. The number of aryl methyl sites for hydroxylation is 1.